The van der Waals surface area contributed by atoms with E-state index < -0.39 is 0 Å². The average Bonchev–Trinajstić information content (AvgIpc) is 3.47. The maximum absolute atomic E-state index is 13.2. The fraction of sp³-hybridized carbons (Fsp3) is 0.333. The van der Waals surface area contributed by atoms with E-state index in [9.17, 15) is 14.4 Å². The Morgan fingerprint density at radius 1 is 1.05 bits per heavy atom. The van der Waals surface area contributed by atoms with Gasteiger partial charge in [0.15, 0.2) is 5.82 Å². The lowest BCUT2D eigenvalue weighted by Gasteiger charge is -2.22. The van der Waals surface area contributed by atoms with Crippen LogP contribution in [0, 0.1) is 12.8 Å². The fourth-order valence-corrected chi connectivity index (χ4v) is 7.01. The first-order chi connectivity index (χ1) is 21.3. The van der Waals surface area contributed by atoms with E-state index in [4.69, 9.17) is 5.73 Å². The van der Waals surface area contributed by atoms with Crippen LogP contribution in [-0.2, 0) is 24.7 Å². The number of piperidine rings is 1. The molecule has 2 aliphatic rings. The van der Waals surface area contributed by atoms with Gasteiger partial charge in [0.1, 0.15) is 0 Å². The van der Waals surface area contributed by atoms with Gasteiger partial charge in [-0.1, -0.05) is 12.1 Å². The van der Waals surface area contributed by atoms with Crippen LogP contribution in [0.25, 0.3) is 11.3 Å². The summed E-state index contributed by atoms with van der Waals surface area (Å²) in [6.07, 6.45) is 7.70. The molecule has 44 heavy (non-hydrogen) atoms. The first kappa shape index (κ1) is 29.6. The minimum atomic E-state index is -0.306. The second kappa shape index (κ2) is 12.6. The van der Waals surface area contributed by atoms with E-state index in [-0.39, 0.29) is 29.1 Å². The molecule has 228 valence electrons. The minimum Gasteiger partial charge on any atom is -0.397 e. The summed E-state index contributed by atoms with van der Waals surface area (Å²) in [7, 11) is 1.67. The summed E-state index contributed by atoms with van der Waals surface area (Å²) < 4.78 is 1.47. The van der Waals surface area contributed by atoms with Crippen LogP contribution >= 0.6 is 11.3 Å². The summed E-state index contributed by atoms with van der Waals surface area (Å²) in [6.45, 7) is 3.58. The molecule has 1 fully saturated rings. The van der Waals surface area contributed by atoms with Crippen molar-refractivity contribution < 1.29 is 9.59 Å². The van der Waals surface area contributed by atoms with Gasteiger partial charge in [-0.3, -0.25) is 14.4 Å². The SMILES string of the molecule is Cc1c(NC(=O)c2cc3c(s2)CCCC3)cccc1-c1cn(C)c(=O)c(Nc2ccc(NC(=O)C3CCNCC3)c(N)c2)n1. The van der Waals surface area contributed by atoms with E-state index in [2.05, 4.69) is 26.3 Å². The lowest BCUT2D eigenvalue weighted by molar-refractivity contribution is -0.120. The van der Waals surface area contributed by atoms with Crippen LogP contribution in [0.2, 0.25) is 0 Å². The Hall–Kier alpha value is -4.48. The van der Waals surface area contributed by atoms with Crippen molar-refractivity contribution in [2.45, 2.75) is 45.4 Å². The fourth-order valence-electron chi connectivity index (χ4n) is 5.86. The van der Waals surface area contributed by atoms with E-state index in [0.29, 0.717) is 28.4 Å². The maximum Gasteiger partial charge on any atom is 0.293 e. The third-order valence-electron chi connectivity index (χ3n) is 8.43. The molecule has 10 nitrogen and oxygen atoms in total. The third-order valence-corrected chi connectivity index (χ3v) is 9.67. The predicted octanol–water partition coefficient (Wildman–Crippen LogP) is 5.21. The van der Waals surface area contributed by atoms with Crippen LogP contribution in [0.3, 0.4) is 0 Å². The molecule has 0 atom stereocenters. The number of rotatable bonds is 7. The second-order valence-electron chi connectivity index (χ2n) is 11.5. The molecule has 0 bridgehead atoms. The maximum atomic E-state index is 13.2. The van der Waals surface area contributed by atoms with Crippen molar-refractivity contribution in [3.8, 4) is 11.3 Å². The zero-order valence-electron chi connectivity index (χ0n) is 25.0. The molecular weight excluding hydrogens is 574 g/mol. The van der Waals surface area contributed by atoms with E-state index in [1.807, 2.05) is 31.2 Å². The van der Waals surface area contributed by atoms with Crippen molar-refractivity contribution in [2.24, 2.45) is 13.0 Å². The standard InChI is InChI=1S/C33H37N7O3S/c1-19-23(7-5-8-25(19)38-32(42)29-16-21-6-3-4-9-28(21)44-29)27-18-40(2)33(43)30(37-27)36-22-10-11-26(24(34)17-22)39-31(41)20-12-14-35-15-13-20/h5,7-8,10-11,16-18,20,35H,3-4,6,9,12-15,34H2,1-2H3,(H,36,37)(H,38,42)(H,39,41). The van der Waals surface area contributed by atoms with Crippen molar-refractivity contribution in [3.05, 3.63) is 79.9 Å². The molecule has 3 heterocycles. The Morgan fingerprint density at radius 3 is 2.61 bits per heavy atom. The van der Waals surface area contributed by atoms with Crippen LogP contribution in [0.1, 0.15) is 51.4 Å². The Morgan fingerprint density at radius 2 is 1.84 bits per heavy atom. The van der Waals surface area contributed by atoms with Gasteiger partial charge in [-0.05, 0) is 100.0 Å². The Kier molecular flexibility index (Phi) is 8.49. The van der Waals surface area contributed by atoms with Crippen LogP contribution in [0.15, 0.2) is 53.5 Å². The summed E-state index contributed by atoms with van der Waals surface area (Å²) in [5.74, 6) is -0.0626. The number of hydrogen-bond donors (Lipinski definition) is 5. The number of hydrogen-bond acceptors (Lipinski definition) is 8. The first-order valence-electron chi connectivity index (χ1n) is 15.1. The number of carbonyl (C=O) groups excluding carboxylic acids is 2. The smallest absolute Gasteiger partial charge is 0.293 e. The van der Waals surface area contributed by atoms with Crippen molar-refractivity contribution in [1.82, 2.24) is 14.9 Å². The monoisotopic (exact) mass is 611 g/mol. The number of nitrogens with two attached hydrogens (primary N) is 1. The normalized spacial score (nSPS) is 15.0. The lowest BCUT2D eigenvalue weighted by atomic mass is 9.97. The molecular formula is C33H37N7O3S. The van der Waals surface area contributed by atoms with E-state index in [1.54, 1.807) is 42.8 Å². The van der Waals surface area contributed by atoms with E-state index >= 15 is 0 Å². The Labute approximate surface area is 260 Å². The lowest BCUT2D eigenvalue weighted by Crippen LogP contribution is -2.34. The summed E-state index contributed by atoms with van der Waals surface area (Å²) in [4.78, 5) is 45.6. The average molecular weight is 612 g/mol. The van der Waals surface area contributed by atoms with Crippen molar-refractivity contribution >= 4 is 51.7 Å². The van der Waals surface area contributed by atoms with Gasteiger partial charge in [0, 0.05) is 41.0 Å². The number of amides is 2. The van der Waals surface area contributed by atoms with Gasteiger partial charge in [-0.2, -0.15) is 0 Å². The summed E-state index contributed by atoms with van der Waals surface area (Å²) in [6, 6.07) is 12.9. The van der Waals surface area contributed by atoms with Gasteiger partial charge in [0.25, 0.3) is 11.5 Å². The predicted molar refractivity (Wildman–Crippen MR) is 177 cm³/mol. The largest absolute Gasteiger partial charge is 0.397 e. The summed E-state index contributed by atoms with van der Waals surface area (Å²) >= 11 is 1.58. The van der Waals surface area contributed by atoms with Crippen molar-refractivity contribution in [3.63, 3.8) is 0 Å². The zero-order chi connectivity index (χ0) is 30.8. The first-order valence-corrected chi connectivity index (χ1v) is 15.9. The third kappa shape index (κ3) is 6.24. The Bertz CT molecular complexity index is 1770. The second-order valence-corrected chi connectivity index (χ2v) is 12.7. The van der Waals surface area contributed by atoms with Crippen LogP contribution in [0.5, 0.6) is 0 Å². The number of fused-ring (bicyclic) bond motifs is 1. The minimum absolute atomic E-state index is 0.0366. The van der Waals surface area contributed by atoms with Crippen molar-refractivity contribution in [2.75, 3.05) is 34.8 Å². The van der Waals surface area contributed by atoms with Gasteiger partial charge in [-0.15, -0.1) is 11.3 Å². The highest BCUT2D eigenvalue weighted by atomic mass is 32.1. The molecule has 11 heteroatoms. The molecule has 2 aromatic carbocycles. The number of nitrogen functional groups attached to an aromatic ring is 1. The molecule has 2 amide bonds. The molecule has 1 saturated heterocycles. The highest BCUT2D eigenvalue weighted by Crippen LogP contribution is 2.32. The van der Waals surface area contributed by atoms with Crippen LogP contribution < -0.4 is 32.6 Å². The molecule has 1 aliphatic carbocycles. The zero-order valence-corrected chi connectivity index (χ0v) is 25.8. The molecule has 6 N–H and O–H groups in total. The number of nitrogens with one attached hydrogen (secondary N) is 4. The molecule has 6 rings (SSSR count). The molecule has 4 aromatic rings. The quantitative estimate of drug-likeness (QED) is 0.181. The molecule has 0 saturated carbocycles. The summed E-state index contributed by atoms with van der Waals surface area (Å²) in [5, 5.41) is 12.4. The molecule has 2 aromatic heterocycles. The van der Waals surface area contributed by atoms with Gasteiger partial charge < -0.3 is 31.6 Å². The van der Waals surface area contributed by atoms with E-state index in [0.717, 1.165) is 54.8 Å². The highest BCUT2D eigenvalue weighted by molar-refractivity contribution is 7.14. The topological polar surface area (TPSA) is 143 Å². The van der Waals surface area contributed by atoms with Crippen molar-refractivity contribution in [1.29, 1.82) is 0 Å². The van der Waals surface area contributed by atoms with E-state index in [1.165, 1.54) is 27.8 Å². The number of nitrogens with zero attached hydrogens (tertiary/aromatic N) is 2. The molecule has 0 unspecified atom stereocenters. The van der Waals surface area contributed by atoms with Crippen LogP contribution in [-0.4, -0.2) is 34.5 Å². The molecule has 0 radical (unpaired) electrons. The van der Waals surface area contributed by atoms with Gasteiger partial charge in [0.05, 0.1) is 21.9 Å². The number of aryl methyl sites for hydroxylation is 3. The number of benzene rings is 2. The number of aromatic nitrogens is 2. The summed E-state index contributed by atoms with van der Waals surface area (Å²) in [5.41, 5.74) is 11.7. The van der Waals surface area contributed by atoms with Crippen LogP contribution in [0.4, 0.5) is 28.6 Å². The number of carbonyl (C=O) groups is 2. The molecule has 1 aliphatic heterocycles. The number of anilines is 5. The van der Waals surface area contributed by atoms with Gasteiger partial charge in [-0.25, -0.2) is 4.98 Å². The number of thiophene rings is 1. The Balaban J connectivity index is 1.21. The van der Waals surface area contributed by atoms with Gasteiger partial charge >= 0.3 is 0 Å². The van der Waals surface area contributed by atoms with Gasteiger partial charge in [0.2, 0.25) is 5.91 Å². The highest BCUT2D eigenvalue weighted by Gasteiger charge is 2.22. The molecule has 0 spiro atoms.